The molecule has 1 fully saturated rings. The number of aliphatic carboxylic acids is 1. The van der Waals surface area contributed by atoms with Crippen LogP contribution in [0.4, 0.5) is 0 Å². The van der Waals surface area contributed by atoms with E-state index in [1.807, 2.05) is 25.1 Å². The molecule has 2 aromatic carbocycles. The van der Waals surface area contributed by atoms with Gasteiger partial charge in [0.1, 0.15) is 6.04 Å². The molecule has 0 spiro atoms. The lowest BCUT2D eigenvalue weighted by molar-refractivity contribution is -0.138. The molecule has 2 amide bonds. The summed E-state index contributed by atoms with van der Waals surface area (Å²) in [5.41, 5.74) is 5.12. The number of nitrogens with one attached hydrogen (secondary N) is 3. The maximum atomic E-state index is 13.3. The Kier molecular flexibility index (Phi) is 9.24. The maximum Gasteiger partial charge on any atom is 0.328 e. The highest BCUT2D eigenvalue weighted by molar-refractivity contribution is 6.40. The third-order valence-electron chi connectivity index (χ3n) is 7.98. The molecule has 1 aromatic heterocycles. The number of H-pyrrole nitrogens is 1. The highest BCUT2D eigenvalue weighted by Crippen LogP contribution is 2.35. The van der Waals surface area contributed by atoms with Gasteiger partial charge in [0.15, 0.2) is 0 Å². The summed E-state index contributed by atoms with van der Waals surface area (Å²) in [6.45, 7) is 8.78. The number of amides is 2. The Morgan fingerprint density at radius 2 is 2.05 bits per heavy atom. The molecule has 0 unspecified atom stereocenters. The Hall–Kier alpha value is -4.38. The van der Waals surface area contributed by atoms with Gasteiger partial charge < -0.3 is 25.1 Å². The molecule has 5 rings (SSSR count). The van der Waals surface area contributed by atoms with Crippen molar-refractivity contribution in [1.29, 1.82) is 0 Å². The first-order chi connectivity index (χ1) is 21.1. The Bertz CT molecular complexity index is 1680. The molecule has 0 saturated carbocycles. The zero-order chi connectivity index (χ0) is 31.5. The third-order valence-corrected chi connectivity index (χ3v) is 8.70. The number of rotatable bonds is 7. The Morgan fingerprint density at radius 3 is 2.75 bits per heavy atom. The lowest BCUT2D eigenvalue weighted by Crippen LogP contribution is -2.45. The molecule has 1 saturated heterocycles. The number of likely N-dealkylation sites (tertiary alicyclic amines) is 1. The van der Waals surface area contributed by atoms with Crippen molar-refractivity contribution in [3.05, 3.63) is 74.3 Å². The number of halogens is 2. The Labute approximate surface area is 263 Å². The van der Waals surface area contributed by atoms with E-state index < -0.39 is 17.9 Å². The first-order valence-corrected chi connectivity index (χ1v) is 14.7. The van der Waals surface area contributed by atoms with E-state index in [4.69, 9.17) is 29.8 Å². The van der Waals surface area contributed by atoms with Crippen LogP contribution in [0.15, 0.2) is 35.5 Å². The molecule has 0 bridgehead atoms. The van der Waals surface area contributed by atoms with Crippen LogP contribution >= 0.6 is 23.2 Å². The molecule has 0 radical (unpaired) electrons. The van der Waals surface area contributed by atoms with Gasteiger partial charge in [-0.1, -0.05) is 34.7 Å². The normalized spacial score (nSPS) is 17.4. The first kappa shape index (κ1) is 31.1. The predicted molar refractivity (Wildman–Crippen MR) is 166 cm³/mol. The highest BCUT2D eigenvalue weighted by Gasteiger charge is 2.31. The van der Waals surface area contributed by atoms with Crippen LogP contribution in [0.3, 0.4) is 0 Å². The summed E-state index contributed by atoms with van der Waals surface area (Å²) in [6.07, 6.45) is 2.93. The average molecular weight is 641 g/mol. The van der Waals surface area contributed by atoms with Crippen molar-refractivity contribution >= 4 is 57.8 Å². The number of carbonyl (C=O) groups excluding carboxylic acids is 2. The molecular formula is C29H31Cl2N9O4. The van der Waals surface area contributed by atoms with E-state index in [2.05, 4.69) is 35.8 Å². The Morgan fingerprint density at radius 1 is 1.25 bits per heavy atom. The predicted octanol–water partition coefficient (Wildman–Crippen LogP) is 2.67. The van der Waals surface area contributed by atoms with Gasteiger partial charge in [-0.2, -0.15) is 16.6 Å². The first-order valence-electron chi connectivity index (χ1n) is 13.9. The summed E-state index contributed by atoms with van der Waals surface area (Å²) in [4.78, 5) is 51.8. The van der Waals surface area contributed by atoms with Gasteiger partial charge in [0.2, 0.25) is 0 Å². The van der Waals surface area contributed by atoms with E-state index in [-0.39, 0.29) is 46.6 Å². The quantitative estimate of drug-likeness (QED) is 0.133. The van der Waals surface area contributed by atoms with E-state index in [1.165, 1.54) is 0 Å². The van der Waals surface area contributed by atoms with Crippen LogP contribution < -0.4 is 10.7 Å². The van der Waals surface area contributed by atoms with Gasteiger partial charge >= 0.3 is 5.97 Å². The van der Waals surface area contributed by atoms with Crippen LogP contribution in [-0.2, 0) is 17.8 Å². The van der Waals surface area contributed by atoms with Crippen LogP contribution in [0, 0.1) is 6.57 Å². The molecular weight excluding hydrogens is 609 g/mol. The van der Waals surface area contributed by atoms with Crippen molar-refractivity contribution in [1.82, 2.24) is 35.6 Å². The maximum absolute atomic E-state index is 13.3. The monoisotopic (exact) mass is 639 g/mol. The number of nitrogens with zero attached hydrogens (tertiary/aromatic N) is 6. The van der Waals surface area contributed by atoms with Crippen molar-refractivity contribution in [2.75, 3.05) is 40.3 Å². The number of fused-ring (bicyclic) bond motifs is 2. The number of benzene rings is 2. The van der Waals surface area contributed by atoms with E-state index in [9.17, 15) is 19.5 Å². The van der Waals surface area contributed by atoms with Crippen LogP contribution in [0.1, 0.15) is 38.3 Å². The minimum Gasteiger partial charge on any atom is -0.480 e. The molecule has 2 atom stereocenters. The molecule has 13 nitrogen and oxygen atoms in total. The van der Waals surface area contributed by atoms with Gasteiger partial charge in [0, 0.05) is 43.2 Å². The molecule has 44 heavy (non-hydrogen) atoms. The van der Waals surface area contributed by atoms with E-state index in [0.717, 1.165) is 17.3 Å². The summed E-state index contributed by atoms with van der Waals surface area (Å²) in [6, 6.07) is 5.79. The standard InChI is InChI=1S/C29H31Cl2N9O4/c1-32-37-29(40-8-6-19(15-40)38(2)3)33-13-23(28(43)44)35-26(41)24-21(30)10-18-14-39(9-7-20(18)25(24)31)27(42)16-4-5-17-12-34-36-22(17)11-16/h4-5,10-12,19,23H,6-9,13-15H2,2-3H3,(H,33,37)(H,34,36)(H,35,41)(H,43,44)/t19-,23-/m0/s1. The topological polar surface area (TPSA) is 151 Å². The minimum atomic E-state index is -1.40. The van der Waals surface area contributed by atoms with Gasteiger partial charge in [-0.25, -0.2) is 9.79 Å². The molecule has 15 heteroatoms. The minimum absolute atomic E-state index is 0.0363. The van der Waals surface area contributed by atoms with Crippen molar-refractivity contribution in [2.45, 2.75) is 31.5 Å². The van der Waals surface area contributed by atoms with Crippen molar-refractivity contribution in [2.24, 2.45) is 4.99 Å². The summed E-state index contributed by atoms with van der Waals surface area (Å²) in [5, 5.41) is 20.2. The SMILES string of the molecule is [C-]#[N+]NC(=NC[C@H](NC(=O)c1c(Cl)cc2c(c1Cl)CCN(C(=O)c1ccc3cn[nH]c3c1)C2)C(=O)O)N1CC[C@H](N(C)C)C1. The molecule has 3 heterocycles. The van der Waals surface area contributed by atoms with Gasteiger partial charge in [-0.05, 0) is 56.3 Å². The van der Waals surface area contributed by atoms with Crippen LogP contribution in [0.2, 0.25) is 10.0 Å². The lowest BCUT2D eigenvalue weighted by Gasteiger charge is -2.30. The largest absolute Gasteiger partial charge is 0.480 e. The molecule has 4 N–H and O–H groups in total. The zero-order valence-electron chi connectivity index (χ0n) is 24.1. The number of carboxylic acids is 1. The summed E-state index contributed by atoms with van der Waals surface area (Å²) in [7, 11) is 3.94. The molecule has 3 aromatic rings. The summed E-state index contributed by atoms with van der Waals surface area (Å²) in [5.74, 6) is -1.97. The number of carboxylic acid groups (broad SMARTS) is 1. The van der Waals surface area contributed by atoms with E-state index >= 15 is 0 Å². The second-order valence-corrected chi connectivity index (χ2v) is 11.7. The van der Waals surface area contributed by atoms with Crippen molar-refractivity contribution < 1.29 is 19.5 Å². The van der Waals surface area contributed by atoms with Crippen LogP contribution in [0.25, 0.3) is 15.9 Å². The number of hydrogen-bond donors (Lipinski definition) is 4. The average Bonchev–Trinajstić information content (AvgIpc) is 3.68. The van der Waals surface area contributed by atoms with Crippen molar-refractivity contribution in [3.8, 4) is 0 Å². The zero-order valence-corrected chi connectivity index (χ0v) is 25.6. The molecule has 230 valence electrons. The second kappa shape index (κ2) is 13.1. The lowest BCUT2D eigenvalue weighted by atomic mass is 9.96. The van der Waals surface area contributed by atoms with Crippen molar-refractivity contribution in [3.63, 3.8) is 0 Å². The van der Waals surface area contributed by atoms with Crippen LogP contribution in [0.5, 0.6) is 0 Å². The third kappa shape index (κ3) is 6.42. The number of aliphatic imine (C=N–C) groups is 1. The molecule has 2 aliphatic rings. The van der Waals surface area contributed by atoms with E-state index in [1.54, 1.807) is 29.3 Å². The fourth-order valence-electron chi connectivity index (χ4n) is 5.49. The Balaban J connectivity index is 1.30. The molecule has 0 aliphatic carbocycles. The van der Waals surface area contributed by atoms with Gasteiger partial charge in [0.05, 0.1) is 33.9 Å². The van der Waals surface area contributed by atoms with Gasteiger partial charge in [0.25, 0.3) is 17.8 Å². The second-order valence-electron chi connectivity index (χ2n) is 10.9. The fraction of sp³-hybridized carbons (Fsp3) is 0.379. The number of aromatic nitrogens is 2. The fourth-order valence-corrected chi connectivity index (χ4v) is 6.26. The number of hydrogen-bond acceptors (Lipinski definition) is 6. The van der Waals surface area contributed by atoms with E-state index in [0.29, 0.717) is 42.7 Å². The summed E-state index contributed by atoms with van der Waals surface area (Å²) >= 11 is 13.2. The smallest absolute Gasteiger partial charge is 0.328 e. The number of aromatic amines is 1. The molecule has 2 aliphatic heterocycles. The number of carbonyl (C=O) groups is 3. The number of likely N-dealkylation sites (N-methyl/N-ethyl adjacent to an activating group) is 1. The van der Waals surface area contributed by atoms with Gasteiger partial charge in [-0.15, -0.1) is 0 Å². The van der Waals surface area contributed by atoms with Crippen LogP contribution in [-0.4, -0.2) is 106 Å². The van der Waals surface area contributed by atoms with Gasteiger partial charge in [-0.3, -0.25) is 14.7 Å². The number of guanidine groups is 1. The summed E-state index contributed by atoms with van der Waals surface area (Å²) < 4.78 is 0. The highest BCUT2D eigenvalue weighted by atomic mass is 35.5.